The Morgan fingerprint density at radius 3 is 2.46 bits per heavy atom. The number of rotatable bonds is 2. The first kappa shape index (κ1) is 31.9. The van der Waals surface area contributed by atoms with E-state index < -0.39 is 77.3 Å². The molecule has 4 aliphatic rings. The summed E-state index contributed by atoms with van der Waals surface area (Å²) in [6, 6.07) is 1.61. The number of imidazole rings is 1. The molecule has 4 unspecified atom stereocenters. The zero-order valence-electron chi connectivity index (χ0n) is 24.5. The molecule has 24 heteroatoms. The Kier molecular flexibility index (Phi) is 7.74. The van der Waals surface area contributed by atoms with Gasteiger partial charge in [-0.2, -0.15) is 5.10 Å². The van der Waals surface area contributed by atoms with E-state index in [4.69, 9.17) is 48.4 Å². The molecule has 8 rings (SSSR count). The first-order chi connectivity index (χ1) is 22.9. The number of halogens is 1. The van der Waals surface area contributed by atoms with Crippen molar-refractivity contribution < 1.29 is 51.0 Å². The Hall–Kier alpha value is -3.32. The number of alkyl halides is 1. The van der Waals surface area contributed by atoms with Gasteiger partial charge in [0.15, 0.2) is 35.7 Å². The number of nitrogen functional groups attached to an aromatic ring is 1. The number of aromatic nitrogens is 7. The van der Waals surface area contributed by atoms with Crippen LogP contribution in [0.3, 0.4) is 0 Å². The van der Waals surface area contributed by atoms with Crippen molar-refractivity contribution in [3.05, 3.63) is 30.6 Å². The van der Waals surface area contributed by atoms with Gasteiger partial charge >= 0.3 is 0 Å². The third-order valence-electron chi connectivity index (χ3n) is 8.38. The van der Waals surface area contributed by atoms with E-state index in [9.17, 15) is 19.0 Å². The van der Waals surface area contributed by atoms with Crippen LogP contribution in [-0.4, -0.2) is 110 Å². The van der Waals surface area contributed by atoms with Crippen LogP contribution in [-0.2, 0) is 47.9 Å². The lowest BCUT2D eigenvalue weighted by Crippen LogP contribution is -2.38. The van der Waals surface area contributed by atoms with E-state index >= 15 is 4.39 Å². The summed E-state index contributed by atoms with van der Waals surface area (Å²) in [5.74, 6) is -0.153. The Morgan fingerprint density at radius 1 is 0.979 bits per heavy atom. The second-order valence-corrected chi connectivity index (χ2v) is 14.6. The molecule has 0 saturated carbocycles. The van der Waals surface area contributed by atoms with Crippen molar-refractivity contribution in [1.29, 1.82) is 0 Å². The summed E-state index contributed by atoms with van der Waals surface area (Å²) in [5.41, 5.74) is 7.41. The highest BCUT2D eigenvalue weighted by Crippen LogP contribution is 2.53. The minimum absolute atomic E-state index is 0.0429. The van der Waals surface area contributed by atoms with Crippen LogP contribution in [0.15, 0.2) is 24.9 Å². The van der Waals surface area contributed by atoms with Crippen molar-refractivity contribution in [3.8, 4) is 0 Å². The van der Waals surface area contributed by atoms with Crippen molar-refractivity contribution in [2.45, 2.75) is 62.0 Å². The molecule has 48 heavy (non-hydrogen) atoms. The van der Waals surface area contributed by atoms with E-state index in [0.29, 0.717) is 16.8 Å². The lowest BCUT2D eigenvalue weighted by atomic mass is 10.1. The Morgan fingerprint density at radius 2 is 1.69 bits per heavy atom. The van der Waals surface area contributed by atoms with Crippen LogP contribution in [0, 0.1) is 0 Å². The molecule has 4 radical (unpaired) electrons. The summed E-state index contributed by atoms with van der Waals surface area (Å²) in [5, 5.41) is 19.3. The average molecular weight is 701 g/mol. The molecule has 19 nitrogen and oxygen atoms in total. The Balaban J connectivity index is 1.08. The van der Waals surface area contributed by atoms with Crippen LogP contribution in [0.1, 0.15) is 24.6 Å². The second-order valence-electron chi connectivity index (χ2n) is 11.5. The lowest BCUT2D eigenvalue weighted by molar-refractivity contribution is -0.116. The smallest absolute Gasteiger partial charge is 0.264 e. The van der Waals surface area contributed by atoms with E-state index in [1.165, 1.54) is 21.8 Å². The maximum absolute atomic E-state index is 16.0. The molecule has 0 aromatic carbocycles. The molecular formula is C24H24B2FN9O10P2. The van der Waals surface area contributed by atoms with Crippen molar-refractivity contribution >= 4 is 69.7 Å². The van der Waals surface area contributed by atoms with E-state index in [2.05, 4.69) is 30.4 Å². The molecule has 4 aromatic heterocycles. The highest BCUT2D eigenvalue weighted by Gasteiger charge is 2.53. The molecule has 0 bridgehead atoms. The number of pyridine rings is 1. The molecule has 4 aromatic rings. The minimum Gasteiger partial charge on any atom is -0.385 e. The van der Waals surface area contributed by atoms with Crippen molar-refractivity contribution in [1.82, 2.24) is 34.3 Å². The molecule has 10 atom stereocenters. The van der Waals surface area contributed by atoms with Crippen molar-refractivity contribution in [2.24, 2.45) is 0 Å². The number of nitrogens with two attached hydrogens (primary N) is 1. The second kappa shape index (κ2) is 11.6. The third-order valence-corrected chi connectivity index (χ3v) is 10.5. The van der Waals surface area contributed by atoms with Crippen LogP contribution < -0.4 is 11.1 Å². The lowest BCUT2D eigenvalue weighted by Gasteiger charge is -2.30. The van der Waals surface area contributed by atoms with Gasteiger partial charge in [0.25, 0.3) is 14.9 Å². The van der Waals surface area contributed by atoms with Crippen molar-refractivity contribution in [3.63, 3.8) is 0 Å². The molecule has 3 fully saturated rings. The van der Waals surface area contributed by atoms with Crippen LogP contribution in [0.2, 0.25) is 0 Å². The SMILES string of the molecule is [B]P1(=O)OC[C@H]2O[C@@H](n3cnc4c(N)ncnc43)C(F)[C@H]2OP([B])(=O)OC[C@H]2O[C@@H](n3nc4c5c(ccnc53)NC(=O)CC4)[C@@H](O)C2O1. The van der Waals surface area contributed by atoms with Gasteiger partial charge in [-0.3, -0.25) is 18.5 Å². The standard InChI is InChI=1S/C24H24B2FN9O10P2/c25-47(39)42-6-12-19(17(38)24(44-12)36-21-14-9(3-4-29-21)33-13(37)2-1-10(14)34-36)46-48(26,40)41-5-11-18(45-47)15(27)23(43-11)35-8-32-16-20(28)30-7-31-22(16)35/h3-4,7-8,11-12,15,17-19,23-24,38H,1-2,5-6H2,(H,33,37)(H2,28,30,31)/t11-,12-,15?,17+,18+,19?,23-,24-,47?,48?/m1/s1. The number of carbonyl (C=O) groups excluding carboxylic acids is 1. The number of anilines is 2. The fourth-order valence-electron chi connectivity index (χ4n) is 6.21. The van der Waals surface area contributed by atoms with Gasteiger partial charge in [0.1, 0.15) is 42.4 Å². The molecule has 4 aliphatic heterocycles. The number of fused-ring (bicyclic) bond motifs is 3. The summed E-state index contributed by atoms with van der Waals surface area (Å²) in [6.45, 7) is -1.35. The number of aliphatic hydroxyl groups excluding tert-OH is 1. The highest BCUT2D eigenvalue weighted by atomic mass is 31.2. The minimum atomic E-state index is -4.59. The van der Waals surface area contributed by atoms with Crippen LogP contribution in [0.4, 0.5) is 15.9 Å². The van der Waals surface area contributed by atoms with E-state index in [0.717, 1.165) is 6.33 Å². The van der Waals surface area contributed by atoms with Gasteiger partial charge in [-0.25, -0.2) is 29.0 Å². The Bertz CT molecular complexity index is 2040. The van der Waals surface area contributed by atoms with E-state index in [1.54, 1.807) is 6.07 Å². The molecule has 8 heterocycles. The average Bonchev–Trinajstić information content (AvgIpc) is 3.75. The van der Waals surface area contributed by atoms with Gasteiger partial charge in [0.05, 0.1) is 36.3 Å². The number of amides is 1. The number of hydrogen-bond donors (Lipinski definition) is 3. The monoisotopic (exact) mass is 701 g/mol. The van der Waals surface area contributed by atoms with Crippen LogP contribution in [0.25, 0.3) is 22.2 Å². The molecule has 4 N–H and O–H groups in total. The molecule has 0 aliphatic carbocycles. The van der Waals surface area contributed by atoms with Gasteiger partial charge in [-0.15, -0.1) is 0 Å². The van der Waals surface area contributed by atoms with Gasteiger partial charge in [-0.1, -0.05) is 0 Å². The van der Waals surface area contributed by atoms with Crippen molar-refractivity contribution in [2.75, 3.05) is 24.3 Å². The van der Waals surface area contributed by atoms with E-state index in [1.807, 2.05) is 0 Å². The maximum atomic E-state index is 16.0. The first-order valence-electron chi connectivity index (χ1n) is 14.5. The fraction of sp³-hybridized carbons (Fsp3) is 0.500. The number of hydrogen-bond acceptors (Lipinski definition) is 16. The van der Waals surface area contributed by atoms with Crippen LogP contribution >= 0.6 is 14.9 Å². The number of ether oxygens (including phenoxy) is 2. The number of aryl methyl sites for hydroxylation is 1. The zero-order valence-corrected chi connectivity index (χ0v) is 26.3. The maximum Gasteiger partial charge on any atom is 0.264 e. The number of nitrogens with zero attached hydrogens (tertiary/aromatic N) is 7. The Labute approximate surface area is 271 Å². The zero-order chi connectivity index (χ0) is 33.5. The van der Waals surface area contributed by atoms with Gasteiger partial charge in [0.2, 0.25) is 21.0 Å². The number of carbonyl (C=O) groups is 1. The summed E-state index contributed by atoms with van der Waals surface area (Å²) < 4.78 is 79.1. The summed E-state index contributed by atoms with van der Waals surface area (Å²) in [6.07, 6.45) is -8.12. The topological polar surface area (TPSA) is 239 Å². The number of nitrogens with one attached hydrogen (secondary N) is 1. The predicted octanol–water partition coefficient (Wildman–Crippen LogP) is 0.602. The predicted molar refractivity (Wildman–Crippen MR) is 161 cm³/mol. The molecule has 248 valence electrons. The molecule has 3 saturated heterocycles. The highest BCUT2D eigenvalue weighted by molar-refractivity contribution is 7.79. The quantitative estimate of drug-likeness (QED) is 0.192. The van der Waals surface area contributed by atoms with Gasteiger partial charge in [-0.05, 0) is 6.07 Å². The number of aliphatic hydroxyl groups is 1. The van der Waals surface area contributed by atoms with Gasteiger partial charge in [0, 0.05) is 19.0 Å². The fourth-order valence-corrected chi connectivity index (χ4v) is 8.23. The summed E-state index contributed by atoms with van der Waals surface area (Å²) >= 11 is 0. The van der Waals surface area contributed by atoms with E-state index in [-0.39, 0.29) is 41.4 Å². The van der Waals surface area contributed by atoms with Crippen LogP contribution in [0.5, 0.6) is 0 Å². The van der Waals surface area contributed by atoms with Gasteiger partial charge < -0.3 is 43.7 Å². The normalized spacial score (nSPS) is 37.3. The largest absolute Gasteiger partial charge is 0.385 e. The third kappa shape index (κ3) is 5.45. The summed E-state index contributed by atoms with van der Waals surface area (Å²) in [4.78, 5) is 28.6. The molecule has 1 amide bonds. The molecule has 0 spiro atoms. The first-order valence-corrected chi connectivity index (χ1v) is 17.8. The summed E-state index contributed by atoms with van der Waals surface area (Å²) in [7, 11) is 2.70. The molecular weight excluding hydrogens is 677 g/mol.